The Balaban J connectivity index is 1.78. The molecule has 2 aromatic rings. The molecule has 0 unspecified atom stereocenters. The van der Waals surface area contributed by atoms with Gasteiger partial charge in [-0.25, -0.2) is 0 Å². The Morgan fingerprint density at radius 2 is 2.00 bits per heavy atom. The Morgan fingerprint density at radius 1 is 1.17 bits per heavy atom. The number of allylic oxidation sites excluding steroid dienone is 5. The molecule has 2 heterocycles. The number of aryl methyl sites for hydroxylation is 1. The van der Waals surface area contributed by atoms with E-state index in [0.29, 0.717) is 0 Å². The van der Waals surface area contributed by atoms with Gasteiger partial charge in [0.15, 0.2) is 0 Å². The van der Waals surface area contributed by atoms with Gasteiger partial charge >= 0.3 is 0 Å². The summed E-state index contributed by atoms with van der Waals surface area (Å²) in [6.45, 7) is 9.36. The number of nitrogens with zero attached hydrogens (tertiary/aromatic N) is 1. The van der Waals surface area contributed by atoms with E-state index in [1.807, 2.05) is 6.08 Å². The molecule has 5 rings (SSSR count). The SMILES string of the molecule is C=C/C=C(\C=C/C)[C@H]1c2ccccc2CN2c3cccc4c3C(=CCC4)N[C@]12C. The van der Waals surface area contributed by atoms with E-state index >= 15 is 0 Å². The molecule has 2 atom stereocenters. The number of benzene rings is 2. The van der Waals surface area contributed by atoms with Crippen molar-refractivity contribution in [2.24, 2.45) is 0 Å². The maximum absolute atomic E-state index is 4.00. The van der Waals surface area contributed by atoms with E-state index in [-0.39, 0.29) is 11.6 Å². The molecule has 0 bridgehead atoms. The van der Waals surface area contributed by atoms with Crippen molar-refractivity contribution < 1.29 is 0 Å². The maximum atomic E-state index is 4.00. The zero-order valence-electron chi connectivity index (χ0n) is 17.3. The summed E-state index contributed by atoms with van der Waals surface area (Å²) >= 11 is 0. The van der Waals surface area contributed by atoms with Crippen molar-refractivity contribution in [3.63, 3.8) is 0 Å². The average molecular weight is 381 g/mol. The van der Waals surface area contributed by atoms with Crippen LogP contribution in [0.4, 0.5) is 5.69 Å². The topological polar surface area (TPSA) is 15.3 Å². The summed E-state index contributed by atoms with van der Waals surface area (Å²) in [5.41, 5.74) is 9.34. The van der Waals surface area contributed by atoms with Crippen molar-refractivity contribution in [1.82, 2.24) is 5.32 Å². The van der Waals surface area contributed by atoms with E-state index in [1.165, 1.54) is 39.2 Å². The molecule has 1 aliphatic carbocycles. The van der Waals surface area contributed by atoms with Crippen LogP contribution in [0.1, 0.15) is 48.4 Å². The second kappa shape index (κ2) is 6.81. The normalized spacial score (nSPS) is 24.9. The highest BCUT2D eigenvalue weighted by molar-refractivity contribution is 5.84. The van der Waals surface area contributed by atoms with Crippen molar-refractivity contribution in [3.8, 4) is 0 Å². The fourth-order valence-electron chi connectivity index (χ4n) is 5.50. The van der Waals surface area contributed by atoms with Gasteiger partial charge in [0.25, 0.3) is 0 Å². The van der Waals surface area contributed by atoms with Crippen LogP contribution in [0, 0.1) is 0 Å². The molecule has 0 saturated carbocycles. The Kier molecular flexibility index (Phi) is 4.24. The van der Waals surface area contributed by atoms with Crippen molar-refractivity contribution in [1.29, 1.82) is 0 Å². The van der Waals surface area contributed by atoms with Crippen molar-refractivity contribution >= 4 is 11.4 Å². The monoisotopic (exact) mass is 380 g/mol. The Morgan fingerprint density at radius 3 is 2.83 bits per heavy atom. The van der Waals surface area contributed by atoms with Gasteiger partial charge in [-0.1, -0.05) is 73.4 Å². The van der Waals surface area contributed by atoms with E-state index in [2.05, 4.69) is 97.4 Å². The Hall–Kier alpha value is -3.00. The average Bonchev–Trinajstić information content (AvgIpc) is 2.72. The third-order valence-electron chi connectivity index (χ3n) is 6.66. The lowest BCUT2D eigenvalue weighted by Gasteiger charge is -2.57. The highest BCUT2D eigenvalue weighted by Crippen LogP contribution is 2.51. The molecule has 0 aromatic heterocycles. The van der Waals surface area contributed by atoms with E-state index in [1.54, 1.807) is 0 Å². The first-order chi connectivity index (χ1) is 14.2. The molecule has 2 heteroatoms. The van der Waals surface area contributed by atoms with Gasteiger partial charge in [-0.3, -0.25) is 0 Å². The van der Waals surface area contributed by atoms with Crippen molar-refractivity contribution in [3.05, 3.63) is 107 Å². The van der Waals surface area contributed by atoms with Gasteiger partial charge in [0.05, 0.1) is 5.92 Å². The highest BCUT2D eigenvalue weighted by Gasteiger charge is 2.50. The van der Waals surface area contributed by atoms with Gasteiger partial charge < -0.3 is 10.2 Å². The first-order valence-corrected chi connectivity index (χ1v) is 10.6. The molecule has 2 nitrogen and oxygen atoms in total. The summed E-state index contributed by atoms with van der Waals surface area (Å²) in [5.74, 6) is 0.196. The fourth-order valence-corrected chi connectivity index (χ4v) is 5.50. The summed E-state index contributed by atoms with van der Waals surface area (Å²) in [4.78, 5) is 2.59. The largest absolute Gasteiger partial charge is 0.362 e. The van der Waals surface area contributed by atoms with E-state index in [0.717, 1.165) is 19.4 Å². The first-order valence-electron chi connectivity index (χ1n) is 10.6. The first kappa shape index (κ1) is 18.1. The number of fused-ring (bicyclic) bond motifs is 3. The molecule has 1 N–H and O–H groups in total. The fraction of sp³-hybridized carbons (Fsp3) is 0.259. The molecule has 0 saturated heterocycles. The summed E-state index contributed by atoms with van der Waals surface area (Å²) in [6.07, 6.45) is 13.1. The zero-order chi connectivity index (χ0) is 20.0. The van der Waals surface area contributed by atoms with Crippen molar-refractivity contribution in [2.75, 3.05) is 4.90 Å². The highest BCUT2D eigenvalue weighted by atomic mass is 15.4. The van der Waals surface area contributed by atoms with Crippen LogP contribution in [0.5, 0.6) is 0 Å². The number of hydrogen-bond acceptors (Lipinski definition) is 2. The van der Waals surface area contributed by atoms with Crippen LogP contribution in [-0.2, 0) is 13.0 Å². The third kappa shape index (κ3) is 2.62. The molecule has 0 amide bonds. The minimum absolute atomic E-state index is 0.196. The van der Waals surface area contributed by atoms with Gasteiger partial charge in [-0.2, -0.15) is 0 Å². The molecular weight excluding hydrogens is 352 g/mol. The lowest BCUT2D eigenvalue weighted by molar-refractivity contribution is 0.312. The number of anilines is 1. The smallest absolute Gasteiger partial charge is 0.119 e. The maximum Gasteiger partial charge on any atom is 0.119 e. The molecule has 0 radical (unpaired) electrons. The molecule has 146 valence electrons. The minimum Gasteiger partial charge on any atom is -0.362 e. The summed E-state index contributed by atoms with van der Waals surface area (Å²) in [5, 5.41) is 4.00. The lowest BCUT2D eigenvalue weighted by atomic mass is 9.72. The van der Waals surface area contributed by atoms with Crippen molar-refractivity contribution in [2.45, 2.75) is 44.8 Å². The second-order valence-corrected chi connectivity index (χ2v) is 8.36. The molecule has 0 spiro atoms. The van der Waals surface area contributed by atoms with Crippen LogP contribution >= 0.6 is 0 Å². The molecule has 29 heavy (non-hydrogen) atoms. The summed E-state index contributed by atoms with van der Waals surface area (Å²) < 4.78 is 0. The zero-order valence-corrected chi connectivity index (χ0v) is 17.3. The summed E-state index contributed by atoms with van der Waals surface area (Å²) in [7, 11) is 0. The quantitative estimate of drug-likeness (QED) is 0.649. The van der Waals surface area contributed by atoms with E-state index in [9.17, 15) is 0 Å². The third-order valence-corrected chi connectivity index (χ3v) is 6.66. The molecule has 2 aromatic carbocycles. The lowest BCUT2D eigenvalue weighted by Crippen LogP contribution is -2.64. The number of hydrogen-bond donors (Lipinski definition) is 1. The second-order valence-electron chi connectivity index (χ2n) is 8.36. The van der Waals surface area contributed by atoms with Gasteiger partial charge in [0, 0.05) is 23.5 Å². The predicted octanol–water partition coefficient (Wildman–Crippen LogP) is 6.09. The van der Waals surface area contributed by atoms with E-state index < -0.39 is 0 Å². The number of rotatable bonds is 3. The molecule has 3 aliphatic rings. The standard InChI is InChI=1S/C27H28N2/c1-4-10-20(11-5-2)26-22-15-7-6-12-21(22)18-29-24-17-9-14-19-13-8-16-23(25(19)24)28-27(26,29)3/h4-7,9-12,14-17,26,28H,1,8,13,18H2,2-3H3/b11-5-,20-10+/t26-,27-/m0/s1. The van der Waals surface area contributed by atoms with E-state index in [4.69, 9.17) is 0 Å². The summed E-state index contributed by atoms with van der Waals surface area (Å²) in [6, 6.07) is 15.7. The number of nitrogens with one attached hydrogen (secondary N) is 1. The van der Waals surface area contributed by atoms with Gasteiger partial charge in [-0.05, 0) is 55.0 Å². The van der Waals surface area contributed by atoms with Crippen LogP contribution in [0.25, 0.3) is 5.70 Å². The van der Waals surface area contributed by atoms with Gasteiger partial charge in [-0.15, -0.1) is 0 Å². The van der Waals surface area contributed by atoms with Gasteiger partial charge in [0.2, 0.25) is 0 Å². The minimum atomic E-state index is -0.252. The van der Waals surface area contributed by atoms with Crippen LogP contribution in [0.15, 0.2) is 85.0 Å². The molecular formula is C27H28N2. The van der Waals surface area contributed by atoms with Gasteiger partial charge in [0.1, 0.15) is 5.66 Å². The molecule has 0 fully saturated rings. The Labute approximate surface area is 173 Å². The van der Waals surface area contributed by atoms with Crippen LogP contribution in [-0.4, -0.2) is 5.66 Å². The van der Waals surface area contributed by atoms with Crippen LogP contribution < -0.4 is 10.2 Å². The predicted molar refractivity (Wildman–Crippen MR) is 123 cm³/mol. The van der Waals surface area contributed by atoms with Crippen LogP contribution in [0.2, 0.25) is 0 Å². The van der Waals surface area contributed by atoms with Crippen LogP contribution in [0.3, 0.4) is 0 Å². The Bertz CT molecular complexity index is 1070. The molecule has 2 aliphatic heterocycles.